The molecule has 40 heavy (non-hydrogen) atoms. The normalized spacial score (nSPS) is 23.4. The van der Waals surface area contributed by atoms with Gasteiger partial charge in [0.15, 0.2) is 0 Å². The standard InChI is InChI=1S/C26H29N7O5S2/c1-3-16-4-6-19-17(11-16)12-23(28-19)40(35,36)32-8-9-33(18(14-32)5-7-22-30-26(39)38-31-22)25(34)24-29-20-10-15(2)27-13-21(20)37-24/h1,4,6,11-12,15,18,22,27-28,31H,5,7-10,13-14H2,2H3,(H,30,39). The number of aromatic amines is 1. The summed E-state index contributed by atoms with van der Waals surface area (Å²) in [5, 5.41) is 7.34. The minimum Gasteiger partial charge on any atom is -0.436 e. The number of aromatic nitrogens is 2. The van der Waals surface area contributed by atoms with Crippen molar-refractivity contribution in [1.29, 1.82) is 0 Å². The lowest BCUT2D eigenvalue weighted by molar-refractivity contribution is 0.0495. The van der Waals surface area contributed by atoms with E-state index in [9.17, 15) is 13.2 Å². The van der Waals surface area contributed by atoms with E-state index in [1.807, 2.05) is 0 Å². The third-order valence-corrected chi connectivity index (χ3v) is 9.52. The number of carbonyl (C=O) groups is 1. The molecule has 12 nitrogen and oxygen atoms in total. The molecule has 3 aliphatic rings. The number of piperazine rings is 1. The molecule has 5 heterocycles. The van der Waals surface area contributed by atoms with Crippen molar-refractivity contribution in [3.8, 4) is 12.3 Å². The lowest BCUT2D eigenvalue weighted by atomic mass is 10.1. The second-order valence-electron chi connectivity index (χ2n) is 10.3. The molecule has 210 valence electrons. The topological polar surface area (TPSA) is 145 Å². The maximum Gasteiger partial charge on any atom is 0.310 e. The molecule has 0 bridgehead atoms. The molecule has 1 amide bonds. The molecule has 0 spiro atoms. The molecule has 0 radical (unpaired) electrons. The van der Waals surface area contributed by atoms with E-state index < -0.39 is 16.1 Å². The molecule has 3 unspecified atom stereocenters. The van der Waals surface area contributed by atoms with Gasteiger partial charge in [0, 0.05) is 54.6 Å². The Bertz CT molecular complexity index is 1630. The van der Waals surface area contributed by atoms with Crippen LogP contribution in [0.4, 0.5) is 0 Å². The van der Waals surface area contributed by atoms with Crippen LogP contribution in [0.2, 0.25) is 0 Å². The van der Waals surface area contributed by atoms with Crippen LogP contribution >= 0.6 is 12.2 Å². The van der Waals surface area contributed by atoms with Crippen LogP contribution in [0.25, 0.3) is 10.9 Å². The van der Waals surface area contributed by atoms with E-state index in [1.165, 1.54) is 4.31 Å². The van der Waals surface area contributed by atoms with Crippen molar-refractivity contribution in [2.75, 3.05) is 19.6 Å². The SMILES string of the molecule is C#Cc1ccc2[nH]c(S(=O)(=O)N3CCN(C(=O)c4nc5c(o4)CNC(C)C5)C(CCC4NOC(=S)N4)C3)cc2c1. The highest BCUT2D eigenvalue weighted by Gasteiger charge is 2.39. The van der Waals surface area contributed by atoms with Crippen molar-refractivity contribution < 1.29 is 22.5 Å². The summed E-state index contributed by atoms with van der Waals surface area (Å²) in [7, 11) is -3.88. The molecular formula is C26H29N7O5S2. The van der Waals surface area contributed by atoms with E-state index in [0.717, 1.165) is 5.69 Å². The Labute approximate surface area is 236 Å². The molecule has 1 aromatic carbocycles. The number of H-pyrrole nitrogens is 1. The first-order valence-electron chi connectivity index (χ1n) is 13.1. The van der Waals surface area contributed by atoms with Gasteiger partial charge < -0.3 is 29.8 Å². The summed E-state index contributed by atoms with van der Waals surface area (Å²) in [6.07, 6.45) is 6.94. The molecule has 3 aliphatic heterocycles. The number of benzene rings is 1. The summed E-state index contributed by atoms with van der Waals surface area (Å²) in [4.78, 5) is 27.9. The maximum atomic E-state index is 13.7. The van der Waals surface area contributed by atoms with Crippen LogP contribution in [0.3, 0.4) is 0 Å². The molecule has 3 atom stereocenters. The van der Waals surface area contributed by atoms with Gasteiger partial charge in [0.05, 0.1) is 12.2 Å². The molecule has 3 aromatic rings. The first-order valence-corrected chi connectivity index (χ1v) is 14.9. The zero-order valence-corrected chi connectivity index (χ0v) is 23.4. The number of sulfonamides is 1. The van der Waals surface area contributed by atoms with E-state index in [-0.39, 0.29) is 53.8 Å². The average Bonchev–Trinajstić information content (AvgIpc) is 3.68. The van der Waals surface area contributed by atoms with Crippen LogP contribution in [0.5, 0.6) is 0 Å². The number of rotatable bonds is 6. The van der Waals surface area contributed by atoms with Crippen LogP contribution in [0.1, 0.15) is 47.5 Å². The largest absolute Gasteiger partial charge is 0.436 e. The van der Waals surface area contributed by atoms with Gasteiger partial charge in [-0.25, -0.2) is 13.4 Å². The predicted octanol–water partition coefficient (Wildman–Crippen LogP) is 1.20. The average molecular weight is 584 g/mol. The molecule has 6 rings (SSSR count). The zero-order valence-electron chi connectivity index (χ0n) is 21.8. The Morgan fingerprint density at radius 3 is 2.90 bits per heavy atom. The van der Waals surface area contributed by atoms with Gasteiger partial charge in [-0.3, -0.25) is 4.79 Å². The van der Waals surface area contributed by atoms with Crippen LogP contribution in [0, 0.1) is 12.3 Å². The lowest BCUT2D eigenvalue weighted by Crippen LogP contribution is -2.57. The summed E-state index contributed by atoms with van der Waals surface area (Å²) in [6, 6.07) is 6.69. The Morgan fingerprint density at radius 2 is 2.12 bits per heavy atom. The van der Waals surface area contributed by atoms with Gasteiger partial charge >= 0.3 is 5.91 Å². The van der Waals surface area contributed by atoms with E-state index >= 15 is 0 Å². The number of carbonyl (C=O) groups excluding carboxylic acids is 1. The van der Waals surface area contributed by atoms with Gasteiger partial charge in [-0.15, -0.1) is 11.9 Å². The van der Waals surface area contributed by atoms with E-state index in [2.05, 4.69) is 38.9 Å². The van der Waals surface area contributed by atoms with E-state index in [1.54, 1.807) is 29.2 Å². The molecule has 0 saturated carbocycles. The minimum atomic E-state index is -3.88. The summed E-state index contributed by atoms with van der Waals surface area (Å²) in [5.74, 6) is 2.91. The third-order valence-electron chi connectivity index (χ3n) is 7.53. The minimum absolute atomic E-state index is 0.0313. The first-order chi connectivity index (χ1) is 19.2. The molecule has 2 aromatic heterocycles. The Balaban J connectivity index is 1.24. The van der Waals surface area contributed by atoms with Crippen LogP contribution in [0.15, 0.2) is 33.7 Å². The Morgan fingerprint density at radius 1 is 1.27 bits per heavy atom. The number of amides is 1. The van der Waals surface area contributed by atoms with Gasteiger partial charge in [0.2, 0.25) is 0 Å². The van der Waals surface area contributed by atoms with Gasteiger partial charge in [0.1, 0.15) is 17.0 Å². The fraction of sp³-hybridized carbons (Fsp3) is 0.423. The summed E-state index contributed by atoms with van der Waals surface area (Å²) < 4.78 is 34.7. The van der Waals surface area contributed by atoms with E-state index in [4.69, 9.17) is 27.9 Å². The van der Waals surface area contributed by atoms with Crippen LogP contribution < -0.4 is 16.1 Å². The summed E-state index contributed by atoms with van der Waals surface area (Å²) in [6.45, 7) is 2.99. The highest BCUT2D eigenvalue weighted by Crippen LogP contribution is 2.27. The summed E-state index contributed by atoms with van der Waals surface area (Å²) >= 11 is 5.02. The number of hydroxylamine groups is 1. The monoisotopic (exact) mass is 583 g/mol. The van der Waals surface area contributed by atoms with E-state index in [0.29, 0.717) is 48.0 Å². The first kappa shape index (κ1) is 26.7. The molecule has 2 fully saturated rings. The fourth-order valence-electron chi connectivity index (χ4n) is 5.37. The van der Waals surface area contributed by atoms with Crippen molar-refractivity contribution in [3.63, 3.8) is 0 Å². The number of nitrogens with zero attached hydrogens (tertiary/aromatic N) is 3. The highest BCUT2D eigenvalue weighted by atomic mass is 32.2. The zero-order chi connectivity index (χ0) is 28.0. The van der Waals surface area contributed by atoms with Crippen molar-refractivity contribution in [2.24, 2.45) is 0 Å². The van der Waals surface area contributed by atoms with Crippen molar-refractivity contribution in [1.82, 2.24) is 35.3 Å². The van der Waals surface area contributed by atoms with Gasteiger partial charge in [-0.1, -0.05) is 5.92 Å². The van der Waals surface area contributed by atoms with Gasteiger partial charge in [-0.05, 0) is 56.2 Å². The molecule has 14 heteroatoms. The van der Waals surface area contributed by atoms with Crippen molar-refractivity contribution in [2.45, 2.75) is 56.0 Å². The van der Waals surface area contributed by atoms with Gasteiger partial charge in [-0.2, -0.15) is 4.31 Å². The lowest BCUT2D eigenvalue weighted by Gasteiger charge is -2.40. The molecule has 2 saturated heterocycles. The summed E-state index contributed by atoms with van der Waals surface area (Å²) in [5.41, 5.74) is 4.93. The fourth-order valence-corrected chi connectivity index (χ4v) is 7.05. The highest BCUT2D eigenvalue weighted by molar-refractivity contribution is 7.89. The van der Waals surface area contributed by atoms with Gasteiger partial charge in [0.25, 0.3) is 21.1 Å². The number of terminal acetylenes is 1. The van der Waals surface area contributed by atoms with Crippen LogP contribution in [-0.4, -0.2) is 76.6 Å². The quantitative estimate of drug-likeness (QED) is 0.247. The van der Waals surface area contributed by atoms with Crippen molar-refractivity contribution in [3.05, 3.63) is 47.2 Å². The maximum absolute atomic E-state index is 13.7. The number of hydrogen-bond acceptors (Lipinski definition) is 9. The molecule has 0 aliphatic carbocycles. The second-order valence-corrected chi connectivity index (χ2v) is 12.5. The van der Waals surface area contributed by atoms with Crippen molar-refractivity contribution >= 4 is 44.2 Å². The number of hydrogen-bond donors (Lipinski definition) is 4. The smallest absolute Gasteiger partial charge is 0.310 e. The Kier molecular flexibility index (Phi) is 7.01. The molecular weight excluding hydrogens is 554 g/mol. The number of thiocarbonyl (C=S) groups is 1. The predicted molar refractivity (Wildman–Crippen MR) is 149 cm³/mol. The third kappa shape index (κ3) is 5.06. The number of nitrogens with one attached hydrogen (secondary N) is 4. The van der Waals surface area contributed by atoms with Crippen LogP contribution in [-0.2, 0) is 27.8 Å². The second kappa shape index (κ2) is 10.5. The number of oxazole rings is 1. The number of fused-ring (bicyclic) bond motifs is 2. The Hall–Kier alpha value is -3.48. The molecule has 4 N–H and O–H groups in total.